The standard InChI is InChI=1S/C24H21ClN2O4S2/c25-15-5-1-12(2-6-15)11-31-18-8-7-16(27(29)30)10-17(18)20-19-13-3-4-14(9-13)21(19)32-23-22(20)33-24(28)26-23/h1-2,5-8,10,13-14,19-21H,3-4,9,11H2,(H,26,28)/t13?,14?,19?,20-,21?/m1/s1. The van der Waals surface area contributed by atoms with E-state index in [0.29, 0.717) is 40.4 Å². The van der Waals surface area contributed by atoms with Crippen LogP contribution in [-0.4, -0.2) is 15.2 Å². The minimum atomic E-state index is -0.358. The molecular formula is C24H21ClN2O4S2. The van der Waals surface area contributed by atoms with Crippen LogP contribution < -0.4 is 9.61 Å². The molecule has 0 amide bonds. The molecule has 0 radical (unpaired) electrons. The number of thioether (sulfide) groups is 1. The van der Waals surface area contributed by atoms with E-state index < -0.39 is 0 Å². The number of aromatic amines is 1. The molecule has 1 aliphatic heterocycles. The zero-order valence-corrected chi connectivity index (χ0v) is 19.9. The highest BCUT2D eigenvalue weighted by atomic mass is 35.5. The molecule has 2 fully saturated rings. The van der Waals surface area contributed by atoms with Crippen molar-refractivity contribution in [3.05, 3.63) is 83.3 Å². The fourth-order valence-corrected chi connectivity index (χ4v) is 8.97. The SMILES string of the molecule is O=c1[nH]c2c(s1)[C@H](c1cc([N+](=O)[O-])ccc1OCc1ccc(Cl)cc1)C1C3CCC(C3)C1S2. The first-order chi connectivity index (χ1) is 16.0. The second-order valence-corrected chi connectivity index (χ2v) is 11.7. The van der Waals surface area contributed by atoms with Gasteiger partial charge in [-0.15, -0.1) is 11.8 Å². The number of H-pyrrole nitrogens is 1. The summed E-state index contributed by atoms with van der Waals surface area (Å²) >= 11 is 9.04. The van der Waals surface area contributed by atoms with Gasteiger partial charge in [0.05, 0.1) is 9.95 Å². The van der Waals surface area contributed by atoms with Crippen molar-refractivity contribution in [1.29, 1.82) is 0 Å². The number of nitrogens with zero attached hydrogens (tertiary/aromatic N) is 1. The maximum atomic E-state index is 12.3. The lowest BCUT2D eigenvalue weighted by molar-refractivity contribution is -0.385. The van der Waals surface area contributed by atoms with Crippen LogP contribution in [0.15, 0.2) is 52.3 Å². The lowest BCUT2D eigenvalue weighted by Crippen LogP contribution is -2.33. The van der Waals surface area contributed by atoms with Crippen molar-refractivity contribution in [3.8, 4) is 5.75 Å². The molecule has 2 aromatic carbocycles. The molecular weight excluding hydrogens is 480 g/mol. The fraction of sp³-hybridized carbons (Fsp3) is 0.375. The van der Waals surface area contributed by atoms with Gasteiger partial charge >= 0.3 is 4.87 Å². The van der Waals surface area contributed by atoms with Gasteiger partial charge in [-0.2, -0.15) is 0 Å². The number of benzene rings is 2. The summed E-state index contributed by atoms with van der Waals surface area (Å²) in [6.07, 6.45) is 3.62. The van der Waals surface area contributed by atoms with E-state index in [0.717, 1.165) is 21.0 Å². The van der Waals surface area contributed by atoms with E-state index in [4.69, 9.17) is 16.3 Å². The quantitative estimate of drug-likeness (QED) is 0.331. The summed E-state index contributed by atoms with van der Waals surface area (Å²) in [6, 6.07) is 12.3. The van der Waals surface area contributed by atoms with Gasteiger partial charge in [0, 0.05) is 38.8 Å². The number of fused-ring (bicyclic) bond motifs is 6. The van der Waals surface area contributed by atoms with E-state index >= 15 is 0 Å². The summed E-state index contributed by atoms with van der Waals surface area (Å²) in [5.41, 5.74) is 1.83. The van der Waals surface area contributed by atoms with Crippen LogP contribution in [-0.2, 0) is 6.61 Å². The van der Waals surface area contributed by atoms with E-state index in [1.165, 1.54) is 36.7 Å². The molecule has 3 aromatic rings. The molecule has 3 aliphatic rings. The van der Waals surface area contributed by atoms with Crippen molar-refractivity contribution < 1.29 is 9.66 Å². The summed E-state index contributed by atoms with van der Waals surface area (Å²) in [5, 5.41) is 13.7. The summed E-state index contributed by atoms with van der Waals surface area (Å²) in [5.74, 6) is 2.13. The third-order valence-corrected chi connectivity index (χ3v) is 10.2. The zero-order valence-electron chi connectivity index (χ0n) is 17.5. The van der Waals surface area contributed by atoms with E-state index in [2.05, 4.69) is 4.98 Å². The second kappa shape index (κ2) is 8.18. The Balaban J connectivity index is 1.44. The van der Waals surface area contributed by atoms with Gasteiger partial charge in [-0.3, -0.25) is 14.9 Å². The van der Waals surface area contributed by atoms with Gasteiger partial charge in [-0.05, 0) is 60.8 Å². The Kier molecular flexibility index (Phi) is 5.27. The fourth-order valence-electron chi connectivity index (χ4n) is 5.96. The van der Waals surface area contributed by atoms with Crippen LogP contribution in [0.4, 0.5) is 5.69 Å². The number of ether oxygens (including phenoxy) is 1. The average molecular weight is 501 g/mol. The van der Waals surface area contributed by atoms with E-state index in [-0.39, 0.29) is 21.4 Å². The van der Waals surface area contributed by atoms with Crippen LogP contribution >= 0.6 is 34.7 Å². The first-order valence-corrected chi connectivity index (χ1v) is 13.1. The molecule has 1 aromatic heterocycles. The smallest absolute Gasteiger partial charge is 0.305 e. The maximum absolute atomic E-state index is 12.3. The van der Waals surface area contributed by atoms with Gasteiger partial charge in [0.2, 0.25) is 0 Å². The van der Waals surface area contributed by atoms with Crippen LogP contribution in [0.5, 0.6) is 5.75 Å². The number of nitro groups is 1. The molecule has 6 nitrogen and oxygen atoms in total. The summed E-state index contributed by atoms with van der Waals surface area (Å²) in [4.78, 5) is 27.6. The van der Waals surface area contributed by atoms with Crippen LogP contribution in [0.1, 0.15) is 41.2 Å². The molecule has 2 bridgehead atoms. The molecule has 1 N–H and O–H groups in total. The molecule has 2 heterocycles. The highest BCUT2D eigenvalue weighted by Gasteiger charge is 2.55. The Hall–Kier alpha value is -2.29. The third-order valence-electron chi connectivity index (χ3n) is 7.31. The molecule has 2 aliphatic carbocycles. The molecule has 33 heavy (non-hydrogen) atoms. The largest absolute Gasteiger partial charge is 0.489 e. The van der Waals surface area contributed by atoms with Gasteiger partial charge in [0.1, 0.15) is 12.4 Å². The molecule has 0 spiro atoms. The van der Waals surface area contributed by atoms with Gasteiger partial charge in [0.25, 0.3) is 5.69 Å². The lowest BCUT2D eigenvalue weighted by Gasteiger charge is -2.40. The number of non-ortho nitro benzene ring substituents is 1. The summed E-state index contributed by atoms with van der Waals surface area (Å²) in [7, 11) is 0. The zero-order chi connectivity index (χ0) is 22.7. The molecule has 9 heteroatoms. The Bertz CT molecular complexity index is 1290. The number of halogens is 1. The van der Waals surface area contributed by atoms with Crippen molar-refractivity contribution in [1.82, 2.24) is 4.98 Å². The second-order valence-electron chi connectivity index (χ2n) is 9.07. The highest BCUT2D eigenvalue weighted by molar-refractivity contribution is 8.00. The predicted octanol–water partition coefficient (Wildman–Crippen LogP) is 6.23. The number of aromatic nitrogens is 1. The predicted molar refractivity (Wildman–Crippen MR) is 130 cm³/mol. The highest BCUT2D eigenvalue weighted by Crippen LogP contribution is 2.64. The van der Waals surface area contributed by atoms with Crippen LogP contribution in [0.3, 0.4) is 0 Å². The van der Waals surface area contributed by atoms with Crippen LogP contribution in [0.25, 0.3) is 0 Å². The van der Waals surface area contributed by atoms with Gasteiger partial charge < -0.3 is 9.72 Å². The van der Waals surface area contributed by atoms with Crippen molar-refractivity contribution in [2.75, 3.05) is 0 Å². The monoisotopic (exact) mass is 500 g/mol. The number of nitro benzene ring substituents is 1. The topological polar surface area (TPSA) is 85.2 Å². The number of nitrogens with one attached hydrogen (secondary N) is 1. The van der Waals surface area contributed by atoms with Crippen molar-refractivity contribution >= 4 is 40.4 Å². The Labute approximate surface area is 203 Å². The minimum absolute atomic E-state index is 0.0474. The molecule has 4 unspecified atom stereocenters. The first kappa shape index (κ1) is 21.3. The maximum Gasteiger partial charge on any atom is 0.305 e. The summed E-state index contributed by atoms with van der Waals surface area (Å²) in [6.45, 7) is 0.333. The molecule has 2 saturated carbocycles. The number of rotatable bonds is 5. The normalized spacial score (nSPS) is 27.2. The Morgan fingerprint density at radius 3 is 2.73 bits per heavy atom. The number of hydrogen-bond acceptors (Lipinski definition) is 6. The summed E-state index contributed by atoms with van der Waals surface area (Å²) < 4.78 is 6.25. The van der Waals surface area contributed by atoms with Crippen LogP contribution in [0.2, 0.25) is 5.02 Å². The Morgan fingerprint density at radius 1 is 1.15 bits per heavy atom. The van der Waals surface area contributed by atoms with E-state index in [1.54, 1.807) is 23.9 Å². The van der Waals surface area contributed by atoms with Crippen LogP contribution in [0, 0.1) is 27.9 Å². The number of hydrogen-bond donors (Lipinski definition) is 1. The molecule has 0 saturated heterocycles. The third kappa shape index (κ3) is 3.68. The average Bonchev–Trinajstić information content (AvgIpc) is 3.51. The minimum Gasteiger partial charge on any atom is -0.489 e. The van der Waals surface area contributed by atoms with Crippen molar-refractivity contribution in [2.45, 2.75) is 42.1 Å². The molecule has 5 atom stereocenters. The van der Waals surface area contributed by atoms with E-state index in [9.17, 15) is 14.9 Å². The van der Waals surface area contributed by atoms with Crippen molar-refractivity contribution in [3.63, 3.8) is 0 Å². The number of thiazole rings is 1. The molecule has 6 rings (SSSR count). The van der Waals surface area contributed by atoms with Gasteiger partial charge in [-0.25, -0.2) is 0 Å². The lowest BCUT2D eigenvalue weighted by atomic mass is 9.74. The Morgan fingerprint density at radius 2 is 1.94 bits per heavy atom. The van der Waals surface area contributed by atoms with E-state index in [1.807, 2.05) is 24.3 Å². The van der Waals surface area contributed by atoms with Crippen molar-refractivity contribution in [2.24, 2.45) is 17.8 Å². The van der Waals surface area contributed by atoms with Gasteiger partial charge in [0.15, 0.2) is 0 Å². The first-order valence-electron chi connectivity index (χ1n) is 11.0. The molecule has 170 valence electrons. The van der Waals surface area contributed by atoms with Gasteiger partial charge in [-0.1, -0.05) is 35.1 Å².